The van der Waals surface area contributed by atoms with Crippen molar-refractivity contribution in [3.63, 3.8) is 0 Å². The van der Waals surface area contributed by atoms with E-state index >= 15 is 0 Å². The second-order valence-electron chi connectivity index (χ2n) is 29.1. The zero-order valence-electron chi connectivity index (χ0n) is 78.4. The Kier molecular flexibility index (Phi) is 48.5. The molecule has 0 fully saturated rings. The van der Waals surface area contributed by atoms with E-state index < -0.39 is 152 Å². The topological polar surface area (TPSA) is 345 Å². The van der Waals surface area contributed by atoms with Crippen molar-refractivity contribution in [2.45, 2.75) is 182 Å². The molecule has 0 aliphatic rings. The van der Waals surface area contributed by atoms with E-state index in [1.54, 1.807) is 95.2 Å². The minimum absolute atomic E-state index is 0. The van der Waals surface area contributed by atoms with Crippen LogP contribution in [0.5, 0.6) is 0 Å². The first-order valence-corrected chi connectivity index (χ1v) is 41.8. The maximum atomic E-state index is 13.7. The number of carbonyl (C=O) groups is 9. The number of carboxylic acid groups (broad SMARTS) is 2. The Bertz CT molecular complexity index is 4110. The molecule has 0 radical (unpaired) electrons. The number of amides is 2. The number of hydrogen-bond donors (Lipinski definition) is 6. The van der Waals surface area contributed by atoms with Crippen LogP contribution in [0.15, 0.2) is 121 Å². The van der Waals surface area contributed by atoms with E-state index in [-0.39, 0.29) is 38.1 Å². The quantitative estimate of drug-likeness (QED) is 0.00713. The number of rotatable bonds is 36. The van der Waals surface area contributed by atoms with Crippen molar-refractivity contribution in [3.8, 4) is 0 Å². The molecule has 2 amide bonds. The Morgan fingerprint density at radius 3 is 1.01 bits per heavy atom. The number of carbonyl (C=O) groups excluding carboxylic acids is 7. The summed E-state index contributed by atoms with van der Waals surface area (Å²) in [5, 5.41) is 23.1. The third-order valence-electron chi connectivity index (χ3n) is 14.8. The van der Waals surface area contributed by atoms with Crippen LogP contribution in [0.2, 0.25) is 0 Å². The van der Waals surface area contributed by atoms with Crippen LogP contribution < -0.4 is 36.8 Å². The number of alkyl carbamates (subject to hydrolysis) is 2. The van der Waals surface area contributed by atoms with Gasteiger partial charge in [0.15, 0.2) is 5.78 Å². The van der Waals surface area contributed by atoms with Crippen molar-refractivity contribution in [3.05, 3.63) is 161 Å². The summed E-state index contributed by atoms with van der Waals surface area (Å²) in [6.07, 6.45) is -4.01. The lowest BCUT2D eigenvalue weighted by Crippen LogP contribution is -2.45. The molecule has 5 aromatic carbocycles. The van der Waals surface area contributed by atoms with Gasteiger partial charge in [0.05, 0.1) is 30.6 Å². The van der Waals surface area contributed by atoms with Gasteiger partial charge in [0.25, 0.3) is 0 Å². The van der Waals surface area contributed by atoms with Crippen LogP contribution in [0.25, 0.3) is 0 Å². The predicted molar refractivity (Wildman–Crippen MR) is 476 cm³/mol. The molecule has 0 bridgehead atoms. The lowest BCUT2D eigenvalue weighted by Gasteiger charge is -2.25. The molecule has 0 saturated carbocycles. The number of ether oxygens (including phenoxy) is 7. The molecule has 118 heavy (non-hydrogen) atoms. The molecule has 25 nitrogen and oxygen atoms in total. The van der Waals surface area contributed by atoms with Crippen LogP contribution in [-0.4, -0.2) is 204 Å². The van der Waals surface area contributed by atoms with Gasteiger partial charge < -0.3 is 80.2 Å². The van der Waals surface area contributed by atoms with E-state index in [1.165, 1.54) is 36.4 Å². The Morgan fingerprint density at radius 1 is 0.432 bits per heavy atom. The van der Waals surface area contributed by atoms with Gasteiger partial charge in [-0.3, -0.25) is 19.2 Å². The van der Waals surface area contributed by atoms with Crippen LogP contribution >= 0.6 is 105 Å². The van der Waals surface area contributed by atoms with Gasteiger partial charge in [-0.2, -0.15) is 0 Å². The highest BCUT2D eigenvalue weighted by molar-refractivity contribution is 14.1. The summed E-state index contributed by atoms with van der Waals surface area (Å²) < 4.78 is 132. The monoisotopic (exact) mass is 1920 g/mol. The molecular weight excluding hydrogens is 1800 g/mol. The standard InChI is InChI=1S/C30H39Cl2FN2O5.C18H26Cl2N2O4.C13H18Cl2N2O2.C11H14FNO2.C10H18O5.CH3I.ClH/c1-5-39-28(37)23(18-21-6-10-24(33)11-7-21)20-27(36)26(34-29(38)40-30(2,3)4)19-22-8-12-25(13-9-22)35(16-14-31)17-15-32;1-18(2,3)26-17(25)21-15(16(23)24)12-13-4-6-14(7-5-13)22(10-8-19)11-9-20;14-5-7-17(8-6-15)11-3-1-10(2-4-11)9-12(16)13(18)19;1-2-15-11(14)10(13)7-8-3-5-9(12)6-4-8;1-9(2,3)14-7(11)13-8(12)15-10(4,5)6;1-2;/h6-13,23,26H,5,14-20H2,1-4H3,(H,34,38);4-7,15H,8-12H2,1-3H3,(H,21,25)(H,23,24);1-4,12H,5-9,16H2,(H,18,19);3-6,10H,2,7,13H2,1H3;1-6H3;1H3;1H/t23-,26+;15-;12-;10-;;;/m1000.../s1/i1D3,5D2;;;1D3,2D2;;;. The van der Waals surface area contributed by atoms with Crippen LogP contribution in [0.4, 0.5) is 45.0 Å². The Labute approximate surface area is 758 Å². The second-order valence-corrected chi connectivity index (χ2v) is 31.4. The van der Waals surface area contributed by atoms with Crippen molar-refractivity contribution < 1.29 is 109 Å². The molecule has 8 N–H and O–H groups in total. The van der Waals surface area contributed by atoms with Crippen molar-refractivity contribution >= 4 is 176 Å². The minimum Gasteiger partial charge on any atom is -0.480 e. The van der Waals surface area contributed by atoms with Crippen LogP contribution in [0.3, 0.4) is 0 Å². The number of alkyl halides is 7. The first-order chi connectivity index (χ1) is 58.6. The summed E-state index contributed by atoms with van der Waals surface area (Å²) in [4.78, 5) is 115. The lowest BCUT2D eigenvalue weighted by atomic mass is 9.90. The number of nitrogens with two attached hydrogens (primary N) is 2. The number of ketones is 1. The minimum atomic E-state index is -3.33. The fraction of sp³-hybridized carbons (Fsp3) is 0.530. The lowest BCUT2D eigenvalue weighted by molar-refractivity contribution is -0.149. The van der Waals surface area contributed by atoms with E-state index in [4.69, 9.17) is 124 Å². The molecule has 5 rings (SSSR count). The molecule has 0 aromatic heterocycles. The van der Waals surface area contributed by atoms with Gasteiger partial charge in [0.1, 0.15) is 52.2 Å². The molecule has 0 spiro atoms. The van der Waals surface area contributed by atoms with E-state index in [0.717, 1.165) is 53.4 Å². The molecule has 664 valence electrons. The fourth-order valence-electron chi connectivity index (χ4n) is 9.76. The first kappa shape index (κ1) is 94.7. The number of nitrogens with zero attached hydrogens (tertiary/aromatic N) is 3. The fourth-order valence-corrected chi connectivity index (χ4v) is 11.0. The smallest absolute Gasteiger partial charge is 0.480 e. The van der Waals surface area contributed by atoms with Gasteiger partial charge in [-0.15, -0.1) is 82.0 Å². The highest BCUT2D eigenvalue weighted by atomic mass is 127. The summed E-state index contributed by atoms with van der Waals surface area (Å²) in [5.74, 6) is -4.68. The van der Waals surface area contributed by atoms with Gasteiger partial charge in [-0.05, 0) is 216 Å². The van der Waals surface area contributed by atoms with Gasteiger partial charge in [-0.1, -0.05) is 83.3 Å². The van der Waals surface area contributed by atoms with Crippen molar-refractivity contribution in [1.29, 1.82) is 0 Å². The molecular formula is C83H119Cl7F2IN7O18. The average molecular weight is 1930 g/mol. The third-order valence-corrected chi connectivity index (χ3v) is 15.9. The molecule has 5 atom stereocenters. The van der Waals surface area contributed by atoms with Crippen molar-refractivity contribution in [2.75, 3.05) is 107 Å². The summed E-state index contributed by atoms with van der Waals surface area (Å²) in [6.45, 7) is 11.2. The van der Waals surface area contributed by atoms with Crippen LogP contribution in [0.1, 0.15) is 145 Å². The van der Waals surface area contributed by atoms with Gasteiger partial charge in [0, 0.05) is 113 Å². The summed E-state index contributed by atoms with van der Waals surface area (Å²) in [6, 6.07) is 28.2. The molecule has 5 aromatic rings. The number of Topliss-reactive ketones (excluding diaryl/α,β-unsaturated/α-hetero) is 1. The van der Waals surface area contributed by atoms with Crippen molar-refractivity contribution in [1.82, 2.24) is 10.6 Å². The average Bonchev–Trinajstić information content (AvgIpc) is 0.817. The third kappa shape index (κ3) is 52.8. The number of benzene rings is 5. The first-order valence-electron chi connectivity index (χ1n) is 41.4. The summed E-state index contributed by atoms with van der Waals surface area (Å²) in [5.41, 5.74) is 14.2. The number of anilines is 3. The zero-order valence-corrected chi connectivity index (χ0v) is 75.9. The largest absolute Gasteiger partial charge is 0.519 e. The Balaban J connectivity index is 0. The summed E-state index contributed by atoms with van der Waals surface area (Å²) >= 11 is 37.1. The molecule has 0 heterocycles. The highest BCUT2D eigenvalue weighted by Crippen LogP contribution is 2.24. The molecule has 0 unspecified atom stereocenters. The second kappa shape index (κ2) is 60.4. The Hall–Kier alpha value is -7.13. The highest BCUT2D eigenvalue weighted by Gasteiger charge is 2.32. The number of esters is 2. The van der Waals surface area contributed by atoms with E-state index in [0.29, 0.717) is 84.6 Å². The number of carboxylic acids is 2. The molecule has 35 heteroatoms. The predicted octanol–water partition coefficient (Wildman–Crippen LogP) is 16.9. The van der Waals surface area contributed by atoms with Crippen LogP contribution in [-0.2, 0) is 89.2 Å². The van der Waals surface area contributed by atoms with Gasteiger partial charge in [-0.25, -0.2) is 32.8 Å². The summed E-state index contributed by atoms with van der Waals surface area (Å²) in [7, 11) is 0. The molecule has 0 aliphatic carbocycles. The molecule has 0 saturated heterocycles. The Morgan fingerprint density at radius 2 is 0.712 bits per heavy atom. The van der Waals surface area contributed by atoms with Gasteiger partial charge in [0.2, 0.25) is 0 Å². The zero-order chi connectivity index (χ0) is 97.8. The van der Waals surface area contributed by atoms with E-state index in [9.17, 15) is 57.0 Å². The number of hydrogen-bond acceptors (Lipinski definition) is 21. The van der Waals surface area contributed by atoms with E-state index in [2.05, 4.69) is 52.5 Å². The van der Waals surface area contributed by atoms with E-state index in [1.807, 2.05) is 70.5 Å². The maximum absolute atomic E-state index is 13.7. The number of halogens is 10. The normalized spacial score (nSPS) is 13.8. The molecule has 0 aliphatic heterocycles. The number of aliphatic carboxylic acids is 2. The number of nitrogens with one attached hydrogen (secondary N) is 2. The SMILES string of the molecule is CC(C)(C)OC(=O)N[C@@H](Cc1ccc(N(CCCl)CCCl)cc1)C(=O)O.CC(C)(C)OC(=O)OC(=O)OC(C)(C)C.CI.Cl.N[C@@H](Cc1ccc(N(CCCl)CCCl)cc1)C(=O)O.[2H]C([2H])([2H])C([2H])([2H])OC(=O)[C@@H](CC(=O)[C@H](Cc1ccc(N(CCCl)CCCl)cc1)NC(=O)OC(C)(C)C)Cc1ccc(F)cc1.[2H]C([2H])([2H])C([2H])([2H])OC(=O)[C@@H](N)Cc1ccc(F)cc1. The van der Waals surface area contributed by atoms with Crippen molar-refractivity contribution in [2.24, 2.45) is 17.4 Å². The van der Waals surface area contributed by atoms with Crippen LogP contribution in [0, 0.1) is 17.6 Å². The van der Waals surface area contributed by atoms with Gasteiger partial charge >= 0.3 is 48.4 Å². The maximum Gasteiger partial charge on any atom is 0.519 e.